The van der Waals surface area contributed by atoms with Gasteiger partial charge in [0.2, 0.25) is 0 Å². The minimum atomic E-state index is 0.373. The van der Waals surface area contributed by atoms with E-state index in [1.165, 1.54) is 11.1 Å². The van der Waals surface area contributed by atoms with Gasteiger partial charge in [-0.15, -0.1) is 0 Å². The van der Waals surface area contributed by atoms with E-state index in [9.17, 15) is 0 Å². The van der Waals surface area contributed by atoms with Gasteiger partial charge in [-0.2, -0.15) is 0 Å². The molecule has 1 aliphatic rings. The van der Waals surface area contributed by atoms with Crippen LogP contribution in [0.5, 0.6) is 5.75 Å². The van der Waals surface area contributed by atoms with Crippen LogP contribution in [0, 0.1) is 12.8 Å². The van der Waals surface area contributed by atoms with E-state index in [0.717, 1.165) is 31.7 Å². The summed E-state index contributed by atoms with van der Waals surface area (Å²) < 4.78 is 11.2. The van der Waals surface area contributed by atoms with Gasteiger partial charge in [0.05, 0.1) is 13.2 Å². The molecule has 1 N–H and O–H groups in total. The highest BCUT2D eigenvalue weighted by Crippen LogP contribution is 2.36. The van der Waals surface area contributed by atoms with Crippen molar-refractivity contribution >= 4 is 0 Å². The Labute approximate surface area is 122 Å². The second-order valence-corrected chi connectivity index (χ2v) is 5.53. The van der Waals surface area contributed by atoms with Crippen molar-refractivity contribution in [2.24, 2.45) is 5.92 Å². The molecule has 1 aromatic rings. The fourth-order valence-electron chi connectivity index (χ4n) is 3.30. The highest BCUT2D eigenvalue weighted by atomic mass is 16.5. The summed E-state index contributed by atoms with van der Waals surface area (Å²) in [5, 5.41) is 3.66. The molecule has 1 heterocycles. The first-order chi connectivity index (χ1) is 9.71. The van der Waals surface area contributed by atoms with E-state index in [2.05, 4.69) is 44.3 Å². The number of ether oxygens (including phenoxy) is 2. The Balaban J connectivity index is 2.28. The van der Waals surface area contributed by atoms with Gasteiger partial charge >= 0.3 is 0 Å². The number of methoxy groups -OCH3 is 1. The fraction of sp³-hybridized carbons (Fsp3) is 0.647. The summed E-state index contributed by atoms with van der Waals surface area (Å²) in [6.07, 6.45) is 2.60. The van der Waals surface area contributed by atoms with E-state index in [-0.39, 0.29) is 0 Å². The van der Waals surface area contributed by atoms with Crippen LogP contribution in [0.2, 0.25) is 0 Å². The number of rotatable bonds is 6. The molecule has 0 aromatic heterocycles. The van der Waals surface area contributed by atoms with Crippen LogP contribution in [0.15, 0.2) is 18.2 Å². The van der Waals surface area contributed by atoms with Crippen molar-refractivity contribution < 1.29 is 9.47 Å². The summed E-state index contributed by atoms with van der Waals surface area (Å²) in [5.41, 5.74) is 2.67. The van der Waals surface area contributed by atoms with Gasteiger partial charge in [-0.25, -0.2) is 0 Å². The normalized spacial score (nSPS) is 23.8. The Morgan fingerprint density at radius 2 is 2.20 bits per heavy atom. The molecule has 0 bridgehead atoms. The van der Waals surface area contributed by atoms with E-state index >= 15 is 0 Å². The third-order valence-corrected chi connectivity index (χ3v) is 4.33. The van der Waals surface area contributed by atoms with Crippen LogP contribution in [-0.2, 0) is 4.74 Å². The summed E-state index contributed by atoms with van der Waals surface area (Å²) in [5.74, 6) is 1.49. The molecule has 0 radical (unpaired) electrons. The Morgan fingerprint density at radius 3 is 2.80 bits per heavy atom. The lowest BCUT2D eigenvalue weighted by Gasteiger charge is -2.29. The number of benzene rings is 1. The third kappa shape index (κ3) is 3.15. The van der Waals surface area contributed by atoms with Crippen molar-refractivity contribution in [1.29, 1.82) is 0 Å². The zero-order chi connectivity index (χ0) is 14.5. The molecule has 0 saturated carbocycles. The first kappa shape index (κ1) is 15.3. The van der Waals surface area contributed by atoms with Gasteiger partial charge < -0.3 is 14.8 Å². The van der Waals surface area contributed by atoms with Gasteiger partial charge in [0, 0.05) is 18.6 Å². The van der Waals surface area contributed by atoms with Crippen LogP contribution in [0.3, 0.4) is 0 Å². The zero-order valence-electron chi connectivity index (χ0n) is 13.1. The fourth-order valence-corrected chi connectivity index (χ4v) is 3.30. The Hall–Kier alpha value is -1.06. The lowest BCUT2D eigenvalue weighted by atomic mass is 9.85. The molecular weight excluding hydrogens is 250 g/mol. The van der Waals surface area contributed by atoms with Crippen molar-refractivity contribution in [3.05, 3.63) is 29.3 Å². The average Bonchev–Trinajstić information content (AvgIpc) is 2.93. The highest BCUT2D eigenvalue weighted by molar-refractivity contribution is 5.37. The molecule has 1 saturated heterocycles. The minimum absolute atomic E-state index is 0.373. The van der Waals surface area contributed by atoms with Crippen molar-refractivity contribution in [3.63, 3.8) is 0 Å². The number of aryl methyl sites for hydroxylation is 1. The van der Waals surface area contributed by atoms with Crippen LogP contribution in [0.25, 0.3) is 0 Å². The van der Waals surface area contributed by atoms with Gasteiger partial charge in [0.15, 0.2) is 0 Å². The third-order valence-electron chi connectivity index (χ3n) is 4.33. The Morgan fingerprint density at radius 1 is 1.40 bits per heavy atom. The summed E-state index contributed by atoms with van der Waals surface area (Å²) in [6, 6.07) is 6.75. The summed E-state index contributed by atoms with van der Waals surface area (Å²) in [6.45, 7) is 8.41. The molecule has 0 aliphatic carbocycles. The van der Waals surface area contributed by atoms with Crippen molar-refractivity contribution in [1.82, 2.24) is 5.32 Å². The number of nitrogens with one attached hydrogen (secondary N) is 1. The first-order valence-electron chi connectivity index (χ1n) is 7.70. The molecule has 112 valence electrons. The highest BCUT2D eigenvalue weighted by Gasteiger charge is 2.34. The monoisotopic (exact) mass is 277 g/mol. The van der Waals surface area contributed by atoms with Gasteiger partial charge in [-0.3, -0.25) is 0 Å². The number of hydrogen-bond acceptors (Lipinski definition) is 3. The van der Waals surface area contributed by atoms with Gasteiger partial charge in [0.25, 0.3) is 0 Å². The predicted octanol–water partition coefficient (Wildman–Crippen LogP) is 3.47. The standard InChI is InChI=1S/C17H27NO2/c1-5-16-15(9-10-20-16)17(18-6-2)14-8-7-13(19-4)11-12(14)3/h7-8,11,15-18H,5-6,9-10H2,1-4H3. The van der Waals surface area contributed by atoms with Crippen molar-refractivity contribution in [3.8, 4) is 5.75 Å². The van der Waals surface area contributed by atoms with Crippen LogP contribution < -0.4 is 10.1 Å². The summed E-state index contributed by atoms with van der Waals surface area (Å²) in [4.78, 5) is 0. The van der Waals surface area contributed by atoms with E-state index in [0.29, 0.717) is 18.1 Å². The molecular formula is C17H27NO2. The number of hydrogen-bond donors (Lipinski definition) is 1. The van der Waals surface area contributed by atoms with Gasteiger partial charge in [-0.1, -0.05) is 19.9 Å². The quantitative estimate of drug-likeness (QED) is 0.863. The van der Waals surface area contributed by atoms with Gasteiger partial charge in [-0.05, 0) is 49.6 Å². The Kier molecular flexibility index (Phi) is 5.44. The lowest BCUT2D eigenvalue weighted by molar-refractivity contribution is 0.0775. The largest absolute Gasteiger partial charge is 0.497 e. The average molecular weight is 277 g/mol. The van der Waals surface area contributed by atoms with Crippen LogP contribution in [0.1, 0.15) is 43.9 Å². The minimum Gasteiger partial charge on any atom is -0.497 e. The smallest absolute Gasteiger partial charge is 0.119 e. The Bertz CT molecular complexity index is 433. The maximum absolute atomic E-state index is 5.88. The second-order valence-electron chi connectivity index (χ2n) is 5.53. The van der Waals surface area contributed by atoms with E-state index < -0.39 is 0 Å². The molecule has 3 heteroatoms. The molecule has 0 spiro atoms. The molecule has 0 amide bonds. The van der Waals surface area contributed by atoms with E-state index in [1.54, 1.807) is 7.11 Å². The molecule has 3 nitrogen and oxygen atoms in total. The molecule has 1 aliphatic heterocycles. The second kappa shape index (κ2) is 7.09. The van der Waals surface area contributed by atoms with Crippen LogP contribution >= 0.6 is 0 Å². The molecule has 1 fully saturated rings. The van der Waals surface area contributed by atoms with E-state index in [1.807, 2.05) is 0 Å². The van der Waals surface area contributed by atoms with Crippen LogP contribution in [0.4, 0.5) is 0 Å². The van der Waals surface area contributed by atoms with Crippen molar-refractivity contribution in [2.75, 3.05) is 20.3 Å². The topological polar surface area (TPSA) is 30.5 Å². The lowest BCUT2D eigenvalue weighted by Crippen LogP contribution is -2.33. The maximum Gasteiger partial charge on any atom is 0.119 e. The molecule has 20 heavy (non-hydrogen) atoms. The molecule has 3 atom stereocenters. The van der Waals surface area contributed by atoms with E-state index in [4.69, 9.17) is 9.47 Å². The zero-order valence-corrected chi connectivity index (χ0v) is 13.1. The van der Waals surface area contributed by atoms with Gasteiger partial charge in [0.1, 0.15) is 5.75 Å². The summed E-state index contributed by atoms with van der Waals surface area (Å²) in [7, 11) is 1.72. The predicted molar refractivity (Wildman–Crippen MR) is 82.3 cm³/mol. The maximum atomic E-state index is 5.88. The molecule has 2 rings (SSSR count). The SMILES string of the molecule is CCNC(c1ccc(OC)cc1C)C1CCOC1CC. The van der Waals surface area contributed by atoms with Crippen molar-refractivity contribution in [2.45, 2.75) is 45.8 Å². The molecule has 1 aromatic carbocycles. The van der Waals surface area contributed by atoms with Crippen LogP contribution in [-0.4, -0.2) is 26.4 Å². The first-order valence-corrected chi connectivity index (χ1v) is 7.70. The summed E-state index contributed by atoms with van der Waals surface area (Å²) >= 11 is 0. The molecule has 3 unspecified atom stereocenters.